The Morgan fingerprint density at radius 3 is 2.16 bits per heavy atom. The third kappa shape index (κ3) is 2.97. The molecule has 160 valence electrons. The molecule has 8 heteroatoms. The zero-order valence-electron chi connectivity index (χ0n) is 16.7. The van der Waals surface area contributed by atoms with Gasteiger partial charge in [-0.05, 0) is 42.5 Å². The SMILES string of the molecule is COc1cc(-c2oc3cc(=[OH+])cc4oc(-c5ccc(O)cc5)cc(c2O)c43)cc(O)c1O. The standard InChI is InChI=1S/C24H16O8/c1-30-20-7-12(6-16(27)23(20)29)24-22(28)15-10-17(11-2-4-13(25)5-3-11)31-18-8-14(26)9-19(32-24)21(15)18/h2-10,25,27-29H,1H3/p+1. The van der Waals surface area contributed by atoms with Gasteiger partial charge in [0.15, 0.2) is 23.0 Å². The molecule has 8 nitrogen and oxygen atoms in total. The van der Waals surface area contributed by atoms with Gasteiger partial charge in [0.2, 0.25) is 5.75 Å². The Labute approximate surface area is 179 Å². The number of rotatable bonds is 3. The van der Waals surface area contributed by atoms with Crippen LogP contribution in [-0.4, -0.2) is 32.3 Å². The zero-order chi connectivity index (χ0) is 22.6. The van der Waals surface area contributed by atoms with E-state index in [0.717, 1.165) is 0 Å². The molecule has 0 aliphatic heterocycles. The van der Waals surface area contributed by atoms with Crippen molar-refractivity contribution in [2.75, 3.05) is 7.11 Å². The second-order valence-electron chi connectivity index (χ2n) is 7.21. The predicted octanol–water partition coefficient (Wildman–Crippen LogP) is 4.35. The first-order chi connectivity index (χ1) is 15.4. The fourth-order valence-corrected chi connectivity index (χ4v) is 3.66. The lowest BCUT2D eigenvalue weighted by Gasteiger charge is -2.13. The van der Waals surface area contributed by atoms with Crippen LogP contribution in [0.1, 0.15) is 0 Å². The van der Waals surface area contributed by atoms with Crippen molar-refractivity contribution in [1.82, 2.24) is 0 Å². The molecule has 0 amide bonds. The molecule has 5 rings (SSSR count). The van der Waals surface area contributed by atoms with Crippen molar-refractivity contribution in [2.24, 2.45) is 0 Å². The van der Waals surface area contributed by atoms with E-state index < -0.39 is 11.5 Å². The summed E-state index contributed by atoms with van der Waals surface area (Å²) < 4.78 is 16.9. The highest BCUT2D eigenvalue weighted by atomic mass is 16.5. The molecule has 0 aliphatic rings. The first-order valence-corrected chi connectivity index (χ1v) is 9.51. The van der Waals surface area contributed by atoms with Crippen LogP contribution in [0.15, 0.2) is 63.4 Å². The molecule has 0 fully saturated rings. The molecule has 0 radical (unpaired) electrons. The lowest BCUT2D eigenvalue weighted by Crippen LogP contribution is -2.00. The number of ether oxygens (including phenoxy) is 1. The Bertz CT molecular complexity index is 1560. The molecule has 0 atom stereocenters. The maximum absolute atomic E-state index is 11.1. The number of hydrogen-bond donors (Lipinski definition) is 4. The maximum atomic E-state index is 11.1. The molecule has 5 aromatic rings. The maximum Gasteiger partial charge on any atom is 0.347 e. The number of benzene rings is 3. The van der Waals surface area contributed by atoms with Crippen molar-refractivity contribution in [1.29, 1.82) is 0 Å². The van der Waals surface area contributed by atoms with Crippen LogP contribution in [0, 0.1) is 0 Å². The minimum absolute atomic E-state index is 0.0106. The second kappa shape index (κ2) is 6.98. The molecule has 0 saturated carbocycles. The van der Waals surface area contributed by atoms with Crippen molar-refractivity contribution >= 4 is 21.9 Å². The number of methoxy groups -OCH3 is 1. The third-order valence-corrected chi connectivity index (χ3v) is 5.19. The number of phenolic OH excluding ortho intramolecular Hbond substituents is 3. The first-order valence-electron chi connectivity index (χ1n) is 9.51. The van der Waals surface area contributed by atoms with E-state index in [2.05, 4.69) is 0 Å². The van der Waals surface area contributed by atoms with Gasteiger partial charge in [-0.1, -0.05) is 0 Å². The van der Waals surface area contributed by atoms with Crippen molar-refractivity contribution in [3.05, 3.63) is 60.0 Å². The van der Waals surface area contributed by atoms with Crippen LogP contribution in [-0.2, 0) is 0 Å². The Kier molecular flexibility index (Phi) is 4.23. The summed E-state index contributed by atoms with van der Waals surface area (Å²) in [6.45, 7) is 0. The average Bonchev–Trinajstić information content (AvgIpc) is 2.77. The van der Waals surface area contributed by atoms with Gasteiger partial charge in [-0.3, -0.25) is 4.79 Å². The van der Waals surface area contributed by atoms with Gasteiger partial charge < -0.3 is 34.0 Å². The minimum Gasteiger partial charge on any atom is -0.508 e. The predicted molar refractivity (Wildman–Crippen MR) is 115 cm³/mol. The van der Waals surface area contributed by atoms with E-state index in [9.17, 15) is 25.2 Å². The highest BCUT2D eigenvalue weighted by Crippen LogP contribution is 2.46. The summed E-state index contributed by atoms with van der Waals surface area (Å²) >= 11 is 0. The van der Waals surface area contributed by atoms with Gasteiger partial charge in [0.1, 0.15) is 22.7 Å². The van der Waals surface area contributed by atoms with Gasteiger partial charge in [0, 0.05) is 16.5 Å². The largest absolute Gasteiger partial charge is 0.508 e. The lowest BCUT2D eigenvalue weighted by atomic mass is 10.0. The summed E-state index contributed by atoms with van der Waals surface area (Å²) in [6, 6.07) is 13.3. The fraction of sp³-hybridized carbons (Fsp3) is 0.0417. The van der Waals surface area contributed by atoms with Crippen LogP contribution in [0.2, 0.25) is 0 Å². The quantitative estimate of drug-likeness (QED) is 0.245. The van der Waals surface area contributed by atoms with Crippen LogP contribution < -0.4 is 10.2 Å². The Morgan fingerprint density at radius 2 is 1.47 bits per heavy atom. The normalized spacial score (nSPS) is 11.3. The second-order valence-corrected chi connectivity index (χ2v) is 7.21. The van der Waals surface area contributed by atoms with E-state index in [-0.39, 0.29) is 45.2 Å². The molecule has 2 heterocycles. The van der Waals surface area contributed by atoms with E-state index in [0.29, 0.717) is 22.1 Å². The summed E-state index contributed by atoms with van der Waals surface area (Å²) in [5.41, 5.74) is 1.27. The summed E-state index contributed by atoms with van der Waals surface area (Å²) in [4.78, 5) is 10.2. The summed E-state index contributed by atoms with van der Waals surface area (Å²) in [6.07, 6.45) is 0. The number of aromatic hydroxyl groups is 4. The topological polar surface area (TPSA) is 138 Å². The van der Waals surface area contributed by atoms with E-state index >= 15 is 0 Å². The monoisotopic (exact) mass is 433 g/mol. The molecule has 5 N–H and O–H groups in total. The molecule has 0 aliphatic carbocycles. The van der Waals surface area contributed by atoms with Gasteiger partial charge in [-0.15, -0.1) is 0 Å². The molecular weight excluding hydrogens is 416 g/mol. The van der Waals surface area contributed by atoms with Crippen molar-refractivity contribution < 1.29 is 38.8 Å². The first kappa shape index (κ1) is 19.4. The van der Waals surface area contributed by atoms with Gasteiger partial charge in [-0.25, -0.2) is 0 Å². The molecule has 32 heavy (non-hydrogen) atoms. The Balaban J connectivity index is 1.86. The highest BCUT2D eigenvalue weighted by Gasteiger charge is 2.22. The fourth-order valence-electron chi connectivity index (χ4n) is 3.66. The van der Waals surface area contributed by atoms with Crippen LogP contribution in [0.3, 0.4) is 0 Å². The van der Waals surface area contributed by atoms with E-state index in [1.54, 1.807) is 18.2 Å². The van der Waals surface area contributed by atoms with Gasteiger partial charge in [-0.2, -0.15) is 0 Å². The van der Waals surface area contributed by atoms with E-state index in [1.165, 1.54) is 43.5 Å². The van der Waals surface area contributed by atoms with Crippen molar-refractivity contribution in [3.8, 4) is 51.4 Å². The van der Waals surface area contributed by atoms with Crippen LogP contribution in [0.4, 0.5) is 0 Å². The van der Waals surface area contributed by atoms with Crippen LogP contribution >= 0.6 is 0 Å². The minimum atomic E-state index is -0.456. The molecule has 0 unspecified atom stereocenters. The van der Waals surface area contributed by atoms with Gasteiger partial charge in [0.05, 0.1) is 24.6 Å². The highest BCUT2D eigenvalue weighted by molar-refractivity contribution is 6.10. The molecule has 3 aromatic carbocycles. The Morgan fingerprint density at radius 1 is 0.781 bits per heavy atom. The Hall–Kier alpha value is -4.59. The molecule has 2 aromatic heterocycles. The van der Waals surface area contributed by atoms with E-state index in [1.807, 2.05) is 0 Å². The summed E-state index contributed by atoms with van der Waals surface area (Å²) in [5, 5.41) is 41.5. The van der Waals surface area contributed by atoms with E-state index in [4.69, 9.17) is 13.6 Å². The van der Waals surface area contributed by atoms with Gasteiger partial charge in [0.25, 0.3) is 0 Å². The number of hydrogen-bond acceptors (Lipinski definition) is 7. The third-order valence-electron chi connectivity index (χ3n) is 5.19. The van der Waals surface area contributed by atoms with Gasteiger partial charge >= 0.3 is 5.43 Å². The van der Waals surface area contributed by atoms with Crippen molar-refractivity contribution in [2.45, 2.75) is 0 Å². The summed E-state index contributed by atoms with van der Waals surface area (Å²) in [7, 11) is 1.33. The average molecular weight is 433 g/mol. The zero-order valence-corrected chi connectivity index (χ0v) is 16.7. The van der Waals surface area contributed by atoms with Crippen LogP contribution in [0.5, 0.6) is 28.7 Å². The molecule has 0 bridgehead atoms. The molecule has 0 saturated heterocycles. The van der Waals surface area contributed by atoms with Crippen LogP contribution in [0.25, 0.3) is 44.6 Å². The molecular formula is C24H17O8+. The summed E-state index contributed by atoms with van der Waals surface area (Å²) in [5.74, 6) is -0.692. The van der Waals surface area contributed by atoms with Crippen molar-refractivity contribution in [3.63, 3.8) is 0 Å². The lowest BCUT2D eigenvalue weighted by molar-refractivity contribution is 0.351. The number of phenols is 3. The molecule has 0 spiro atoms. The smallest absolute Gasteiger partial charge is 0.347 e.